The number of ketones is 1. The molecule has 116 valence electrons. The Morgan fingerprint density at radius 3 is 2.52 bits per heavy atom. The van der Waals surface area contributed by atoms with Crippen molar-refractivity contribution in [3.63, 3.8) is 0 Å². The zero-order valence-electron chi connectivity index (χ0n) is 11.3. The number of carbonyl (C=O) groups excluding carboxylic acids is 2. The molecule has 0 atom stereocenters. The van der Waals surface area contributed by atoms with Crippen LogP contribution < -0.4 is 5.32 Å². The van der Waals surface area contributed by atoms with Crippen LogP contribution in [-0.2, 0) is 0 Å². The number of nitrogens with zero attached hydrogens (tertiary/aromatic N) is 1. The summed E-state index contributed by atoms with van der Waals surface area (Å²) in [6.07, 6.45) is -4.56. The van der Waals surface area contributed by atoms with Crippen molar-refractivity contribution in [3.05, 3.63) is 29.8 Å². The lowest BCUT2D eigenvalue weighted by atomic mass is 10.1. The minimum atomic E-state index is -4.56. The van der Waals surface area contributed by atoms with Crippen molar-refractivity contribution in [3.8, 4) is 0 Å². The SMILES string of the molecule is CC(=O)c1cccc(NC(=O)N(CCO)CC(F)(F)F)c1. The maximum Gasteiger partial charge on any atom is 0.406 e. The van der Waals surface area contributed by atoms with E-state index in [0.717, 1.165) is 0 Å². The van der Waals surface area contributed by atoms with E-state index in [0.29, 0.717) is 10.5 Å². The molecule has 0 saturated heterocycles. The molecule has 0 heterocycles. The van der Waals surface area contributed by atoms with E-state index in [9.17, 15) is 22.8 Å². The number of benzene rings is 1. The molecule has 1 aromatic carbocycles. The van der Waals surface area contributed by atoms with Crippen LogP contribution in [0, 0.1) is 0 Å². The lowest BCUT2D eigenvalue weighted by Gasteiger charge is -2.23. The largest absolute Gasteiger partial charge is 0.406 e. The van der Waals surface area contributed by atoms with Gasteiger partial charge in [-0.3, -0.25) is 4.79 Å². The van der Waals surface area contributed by atoms with Crippen molar-refractivity contribution in [1.82, 2.24) is 4.90 Å². The Balaban J connectivity index is 2.81. The Bertz CT molecular complexity index is 518. The molecule has 1 aromatic rings. The third-order valence-electron chi connectivity index (χ3n) is 2.55. The normalized spacial score (nSPS) is 11.1. The molecule has 21 heavy (non-hydrogen) atoms. The van der Waals surface area contributed by atoms with Crippen LogP contribution in [0.5, 0.6) is 0 Å². The number of aliphatic hydroxyl groups is 1. The van der Waals surface area contributed by atoms with E-state index in [4.69, 9.17) is 5.11 Å². The summed E-state index contributed by atoms with van der Waals surface area (Å²) in [4.78, 5) is 23.4. The van der Waals surface area contributed by atoms with E-state index in [1.165, 1.54) is 31.2 Å². The molecule has 2 N–H and O–H groups in total. The van der Waals surface area contributed by atoms with Gasteiger partial charge in [-0.15, -0.1) is 0 Å². The number of amides is 2. The third kappa shape index (κ3) is 5.82. The molecule has 8 heteroatoms. The molecule has 0 unspecified atom stereocenters. The van der Waals surface area contributed by atoms with Gasteiger partial charge in [-0.05, 0) is 19.1 Å². The average Bonchev–Trinajstić information content (AvgIpc) is 2.37. The first-order chi connectivity index (χ1) is 9.73. The lowest BCUT2D eigenvalue weighted by Crippen LogP contribution is -2.43. The second kappa shape index (κ2) is 7.07. The smallest absolute Gasteiger partial charge is 0.395 e. The van der Waals surface area contributed by atoms with Gasteiger partial charge in [-0.25, -0.2) is 4.79 Å². The fourth-order valence-electron chi connectivity index (χ4n) is 1.61. The van der Waals surface area contributed by atoms with Crippen molar-refractivity contribution in [2.45, 2.75) is 13.1 Å². The number of carbonyl (C=O) groups is 2. The number of halogens is 3. The number of aliphatic hydroxyl groups excluding tert-OH is 1. The lowest BCUT2D eigenvalue weighted by molar-refractivity contribution is -0.140. The number of anilines is 1. The van der Waals surface area contributed by atoms with Gasteiger partial charge in [-0.1, -0.05) is 12.1 Å². The van der Waals surface area contributed by atoms with Crippen LogP contribution in [0.2, 0.25) is 0 Å². The van der Waals surface area contributed by atoms with Crippen LogP contribution >= 0.6 is 0 Å². The molecule has 0 saturated carbocycles. The molecule has 1 rings (SSSR count). The summed E-state index contributed by atoms with van der Waals surface area (Å²) >= 11 is 0. The maximum atomic E-state index is 12.4. The molecule has 0 spiro atoms. The predicted octanol–water partition coefficient (Wildman–Crippen LogP) is 2.28. The van der Waals surface area contributed by atoms with Crippen molar-refractivity contribution >= 4 is 17.5 Å². The summed E-state index contributed by atoms with van der Waals surface area (Å²) in [5, 5.41) is 11.0. The van der Waals surface area contributed by atoms with E-state index in [-0.39, 0.29) is 11.5 Å². The quantitative estimate of drug-likeness (QED) is 0.820. The van der Waals surface area contributed by atoms with Crippen molar-refractivity contribution < 1.29 is 27.9 Å². The Kier molecular flexibility index (Phi) is 5.71. The maximum absolute atomic E-state index is 12.4. The molecule has 0 aliphatic heterocycles. The summed E-state index contributed by atoms with van der Waals surface area (Å²) in [5.41, 5.74) is 0.537. The molecule has 0 aliphatic carbocycles. The highest BCUT2D eigenvalue weighted by Crippen LogP contribution is 2.18. The molecule has 5 nitrogen and oxygen atoms in total. The first kappa shape index (κ1) is 17.0. The number of hydrogen-bond acceptors (Lipinski definition) is 3. The van der Waals surface area contributed by atoms with Crippen LogP contribution in [0.25, 0.3) is 0 Å². The van der Waals surface area contributed by atoms with Gasteiger partial charge < -0.3 is 15.3 Å². The standard InChI is InChI=1S/C13H15F3N2O3/c1-9(20)10-3-2-4-11(7-10)17-12(21)18(5-6-19)8-13(14,15)16/h2-4,7,19H,5-6,8H2,1H3,(H,17,21). The number of rotatable bonds is 5. The highest BCUT2D eigenvalue weighted by Gasteiger charge is 2.32. The van der Waals surface area contributed by atoms with Gasteiger partial charge in [0.05, 0.1) is 6.61 Å². The van der Waals surface area contributed by atoms with Gasteiger partial charge >= 0.3 is 12.2 Å². The topological polar surface area (TPSA) is 69.6 Å². The van der Waals surface area contributed by atoms with Gasteiger partial charge in [0, 0.05) is 17.8 Å². The van der Waals surface area contributed by atoms with Gasteiger partial charge in [0.1, 0.15) is 6.54 Å². The highest BCUT2D eigenvalue weighted by molar-refractivity contribution is 5.96. The summed E-state index contributed by atoms with van der Waals surface area (Å²) in [6.45, 7) is -1.16. The zero-order chi connectivity index (χ0) is 16.0. The molecule has 0 aromatic heterocycles. The Morgan fingerprint density at radius 1 is 1.33 bits per heavy atom. The minimum Gasteiger partial charge on any atom is -0.395 e. The second-order valence-electron chi connectivity index (χ2n) is 4.33. The first-order valence-electron chi connectivity index (χ1n) is 6.07. The fourth-order valence-corrected chi connectivity index (χ4v) is 1.61. The van der Waals surface area contributed by atoms with Crippen molar-refractivity contribution in [1.29, 1.82) is 0 Å². The number of alkyl halides is 3. The van der Waals surface area contributed by atoms with E-state index in [1.54, 1.807) is 0 Å². The molecule has 0 radical (unpaired) electrons. The minimum absolute atomic E-state index is 0.206. The van der Waals surface area contributed by atoms with Crippen LogP contribution in [0.15, 0.2) is 24.3 Å². The highest BCUT2D eigenvalue weighted by atomic mass is 19.4. The second-order valence-corrected chi connectivity index (χ2v) is 4.33. The fraction of sp³-hybridized carbons (Fsp3) is 0.385. The monoisotopic (exact) mass is 304 g/mol. The molecule has 0 fully saturated rings. The van der Waals surface area contributed by atoms with Crippen molar-refractivity contribution in [2.75, 3.05) is 25.0 Å². The molecule has 0 aliphatic rings. The third-order valence-corrected chi connectivity index (χ3v) is 2.55. The van der Waals surface area contributed by atoms with E-state index in [1.807, 2.05) is 0 Å². The summed E-state index contributed by atoms with van der Waals surface area (Å²) in [6, 6.07) is 4.85. The van der Waals surface area contributed by atoms with Gasteiger partial charge in [0.15, 0.2) is 5.78 Å². The van der Waals surface area contributed by atoms with E-state index >= 15 is 0 Å². The van der Waals surface area contributed by atoms with Crippen LogP contribution in [0.1, 0.15) is 17.3 Å². The summed E-state index contributed by atoms with van der Waals surface area (Å²) < 4.78 is 37.1. The molecule has 0 bridgehead atoms. The van der Waals surface area contributed by atoms with Crippen LogP contribution in [0.3, 0.4) is 0 Å². The van der Waals surface area contributed by atoms with Gasteiger partial charge in [-0.2, -0.15) is 13.2 Å². The Morgan fingerprint density at radius 2 is 2.00 bits per heavy atom. The number of Topliss-reactive ketones (excluding diaryl/α,β-unsaturated/α-hetero) is 1. The summed E-state index contributed by atoms with van der Waals surface area (Å²) in [7, 11) is 0. The number of nitrogens with one attached hydrogen (secondary N) is 1. The van der Waals surface area contributed by atoms with Crippen molar-refractivity contribution in [2.24, 2.45) is 0 Å². The molecule has 2 amide bonds. The molecular weight excluding hydrogens is 289 g/mol. The first-order valence-corrected chi connectivity index (χ1v) is 6.07. The van der Waals surface area contributed by atoms with E-state index < -0.39 is 31.9 Å². The molecular formula is C13H15F3N2O3. The van der Waals surface area contributed by atoms with Gasteiger partial charge in [0.2, 0.25) is 0 Å². The predicted molar refractivity (Wildman–Crippen MR) is 70.2 cm³/mol. The van der Waals surface area contributed by atoms with Crippen LogP contribution in [-0.4, -0.2) is 47.7 Å². The number of hydrogen-bond donors (Lipinski definition) is 2. The zero-order valence-corrected chi connectivity index (χ0v) is 11.3. The van der Waals surface area contributed by atoms with Gasteiger partial charge in [0.25, 0.3) is 0 Å². The Hall–Kier alpha value is -2.09. The summed E-state index contributed by atoms with van der Waals surface area (Å²) in [5.74, 6) is -0.228. The number of urea groups is 1. The van der Waals surface area contributed by atoms with E-state index in [2.05, 4.69) is 5.32 Å². The average molecular weight is 304 g/mol. The van der Waals surface area contributed by atoms with Crippen LogP contribution in [0.4, 0.5) is 23.7 Å². The Labute approximate surface area is 119 Å².